The van der Waals surface area contributed by atoms with Gasteiger partial charge in [-0.3, -0.25) is 5.41 Å². The minimum absolute atomic E-state index is 0. The number of carbonyl (C=O) groups excluding carboxylic acids is 1. The van der Waals surface area contributed by atoms with Crippen molar-refractivity contribution in [3.8, 4) is 11.8 Å². The van der Waals surface area contributed by atoms with Crippen molar-refractivity contribution >= 4 is 23.8 Å². The molecule has 0 fully saturated rings. The third-order valence-electron chi connectivity index (χ3n) is 6.72. The number of fused-ring (bicyclic) bond motifs is 1. The standard InChI is InChI=1S/C22H23N3O.C9H9NO3.Co/c1-4-25-20-10-9-18(26-3)13-19(20)22(2,21(25)11-12-23)14-16-5-7-17(15-24)8-6-16;1-13-9(12)7-4-2-6(3-5-7)8(10)11;/h5-13,23H,4,14H2,1-3H3;2-5H,1H3,(H2,10,11);/b21-11-,23-12?;;. The molecule has 0 aromatic heterocycles. The Bertz CT molecular complexity index is 1430. The van der Waals surface area contributed by atoms with E-state index < -0.39 is 11.9 Å². The van der Waals surface area contributed by atoms with E-state index in [1.165, 1.54) is 43.2 Å². The zero-order valence-electron chi connectivity index (χ0n) is 22.8. The number of methoxy groups -OCH3 is 2. The molecule has 40 heavy (non-hydrogen) atoms. The number of benzene rings is 3. The number of aliphatic hydroxyl groups excluding tert-OH is 1. The maximum absolute atomic E-state index is 11.0. The van der Waals surface area contributed by atoms with E-state index in [2.05, 4.69) is 41.7 Å². The zero-order chi connectivity index (χ0) is 28.6. The zero-order valence-corrected chi connectivity index (χ0v) is 23.9. The minimum Gasteiger partial charge on any atom is -0.497 e. The molecule has 1 aliphatic rings. The molecule has 0 bridgehead atoms. The number of hydrogen-bond acceptors (Lipinski definition) is 7. The molecule has 8 nitrogen and oxygen atoms in total. The SMILES string of the molecule is CCN1/C(=C\C=N)C(C)(Cc2ccc(C#N)cc2)c2cc(OC)ccc21.COC(=O)c1ccc(C(=N)O)cc1.[Co]. The maximum atomic E-state index is 11.0. The summed E-state index contributed by atoms with van der Waals surface area (Å²) in [7, 11) is 2.98. The predicted molar refractivity (Wildman–Crippen MR) is 152 cm³/mol. The van der Waals surface area contributed by atoms with Gasteiger partial charge in [-0.2, -0.15) is 5.26 Å². The second kappa shape index (κ2) is 14.1. The smallest absolute Gasteiger partial charge is 0.337 e. The van der Waals surface area contributed by atoms with Crippen molar-refractivity contribution in [2.45, 2.75) is 25.7 Å². The average Bonchev–Trinajstić information content (AvgIpc) is 3.19. The summed E-state index contributed by atoms with van der Waals surface area (Å²) in [4.78, 5) is 13.2. The summed E-state index contributed by atoms with van der Waals surface area (Å²) in [6, 6.07) is 22.0. The van der Waals surface area contributed by atoms with Gasteiger partial charge in [-0.25, -0.2) is 4.79 Å². The third-order valence-corrected chi connectivity index (χ3v) is 6.72. The molecule has 3 aromatic carbocycles. The Balaban J connectivity index is 0.000000339. The fourth-order valence-corrected chi connectivity index (χ4v) is 4.75. The molecule has 209 valence electrons. The van der Waals surface area contributed by atoms with E-state index in [1.807, 2.05) is 36.4 Å². The van der Waals surface area contributed by atoms with Crippen molar-refractivity contribution in [3.63, 3.8) is 0 Å². The Morgan fingerprint density at radius 2 is 1.70 bits per heavy atom. The van der Waals surface area contributed by atoms with E-state index >= 15 is 0 Å². The molecule has 3 N–H and O–H groups in total. The first-order valence-corrected chi connectivity index (χ1v) is 12.3. The number of allylic oxidation sites excluding steroid dienone is 2. The predicted octanol–water partition coefficient (Wildman–Crippen LogP) is 5.79. The van der Waals surface area contributed by atoms with Crippen LogP contribution in [0, 0.1) is 22.1 Å². The van der Waals surface area contributed by atoms with E-state index in [0.717, 1.165) is 35.7 Å². The average molecular weight is 584 g/mol. The van der Waals surface area contributed by atoms with Gasteiger partial charge in [-0.15, -0.1) is 0 Å². The Hall–Kier alpha value is -4.39. The van der Waals surface area contributed by atoms with Crippen molar-refractivity contribution in [3.05, 3.63) is 106 Å². The molecule has 1 aliphatic heterocycles. The van der Waals surface area contributed by atoms with E-state index in [9.17, 15) is 4.79 Å². The molecule has 9 heteroatoms. The minimum atomic E-state index is -0.517. The Morgan fingerprint density at radius 3 is 2.20 bits per heavy atom. The molecular formula is C31H32CoN4O4. The molecule has 1 atom stereocenters. The molecule has 4 rings (SSSR count). The normalized spacial score (nSPS) is 16.0. The number of nitriles is 1. The van der Waals surface area contributed by atoms with Gasteiger partial charge in [0.15, 0.2) is 0 Å². The van der Waals surface area contributed by atoms with E-state index in [-0.39, 0.29) is 22.2 Å². The molecule has 0 spiro atoms. The number of likely N-dealkylation sites (N-methyl/N-ethyl adjacent to an activating group) is 1. The first-order chi connectivity index (χ1) is 18.7. The molecule has 0 saturated carbocycles. The number of anilines is 1. The van der Waals surface area contributed by atoms with Crippen LogP contribution in [0.5, 0.6) is 5.75 Å². The third kappa shape index (κ3) is 6.78. The van der Waals surface area contributed by atoms with Crippen LogP contribution in [0.3, 0.4) is 0 Å². The second-order valence-electron chi connectivity index (χ2n) is 9.08. The Labute approximate surface area is 245 Å². The Morgan fingerprint density at radius 1 is 1.07 bits per heavy atom. The number of esters is 1. The van der Waals surface area contributed by atoms with Crippen LogP contribution in [-0.4, -0.2) is 44.0 Å². The number of hydrogen-bond donors (Lipinski definition) is 3. The first kappa shape index (κ1) is 31.8. The molecule has 1 radical (unpaired) electrons. The summed E-state index contributed by atoms with van der Waals surface area (Å²) < 4.78 is 9.94. The van der Waals surface area contributed by atoms with Gasteiger partial charge in [-0.05, 0) is 92.1 Å². The number of nitrogens with one attached hydrogen (secondary N) is 2. The molecule has 0 aliphatic carbocycles. The molecule has 1 heterocycles. The molecule has 0 amide bonds. The van der Waals surface area contributed by atoms with E-state index in [4.69, 9.17) is 25.9 Å². The van der Waals surface area contributed by atoms with Gasteiger partial charge in [-0.1, -0.05) is 12.1 Å². The number of ether oxygens (including phenoxy) is 2. The van der Waals surface area contributed by atoms with Crippen molar-refractivity contribution in [1.29, 1.82) is 16.1 Å². The van der Waals surface area contributed by atoms with Crippen LogP contribution in [0.4, 0.5) is 5.69 Å². The van der Waals surface area contributed by atoms with Crippen molar-refractivity contribution in [2.75, 3.05) is 25.7 Å². The fourth-order valence-electron chi connectivity index (χ4n) is 4.75. The number of rotatable bonds is 7. The van der Waals surface area contributed by atoms with Crippen molar-refractivity contribution < 1.29 is 36.2 Å². The maximum Gasteiger partial charge on any atom is 0.337 e. The fraction of sp³-hybridized carbons (Fsp3) is 0.226. The van der Waals surface area contributed by atoms with Gasteiger partial charge in [0, 0.05) is 51.9 Å². The topological polar surface area (TPSA) is 130 Å². The number of nitrogens with zero attached hydrogens (tertiary/aromatic N) is 2. The van der Waals surface area contributed by atoms with E-state index in [1.54, 1.807) is 7.11 Å². The van der Waals surface area contributed by atoms with Crippen molar-refractivity contribution in [1.82, 2.24) is 0 Å². The summed E-state index contributed by atoms with van der Waals surface area (Å²) in [5, 5.41) is 32.3. The van der Waals surface area contributed by atoms with Gasteiger partial charge >= 0.3 is 5.97 Å². The largest absolute Gasteiger partial charge is 0.497 e. The van der Waals surface area contributed by atoms with Crippen LogP contribution in [0.1, 0.15) is 46.5 Å². The van der Waals surface area contributed by atoms with E-state index in [0.29, 0.717) is 16.7 Å². The second-order valence-corrected chi connectivity index (χ2v) is 9.08. The summed E-state index contributed by atoms with van der Waals surface area (Å²) in [6.07, 6.45) is 4.03. The van der Waals surface area contributed by atoms with Gasteiger partial charge in [0.25, 0.3) is 0 Å². The number of carbonyl (C=O) groups is 1. The Kier molecular flexibility index (Phi) is 11.2. The molecular weight excluding hydrogens is 551 g/mol. The molecule has 0 saturated heterocycles. The quantitative estimate of drug-likeness (QED) is 0.183. The number of aliphatic hydroxyl groups is 1. The summed E-state index contributed by atoms with van der Waals surface area (Å²) in [5.41, 5.74) is 5.80. The van der Waals surface area contributed by atoms with Gasteiger partial charge in [0.2, 0.25) is 5.90 Å². The van der Waals surface area contributed by atoms with Crippen LogP contribution in [0.2, 0.25) is 0 Å². The van der Waals surface area contributed by atoms with Gasteiger partial charge < -0.3 is 24.9 Å². The van der Waals surface area contributed by atoms with Crippen LogP contribution >= 0.6 is 0 Å². The van der Waals surface area contributed by atoms with Crippen LogP contribution in [0.15, 0.2) is 78.5 Å². The summed E-state index contributed by atoms with van der Waals surface area (Å²) >= 11 is 0. The van der Waals surface area contributed by atoms with Crippen LogP contribution < -0.4 is 9.64 Å². The molecule has 1 unspecified atom stereocenters. The first-order valence-electron chi connectivity index (χ1n) is 12.3. The van der Waals surface area contributed by atoms with Crippen LogP contribution in [0.25, 0.3) is 0 Å². The monoisotopic (exact) mass is 583 g/mol. The summed E-state index contributed by atoms with van der Waals surface area (Å²) in [6.45, 7) is 5.18. The summed E-state index contributed by atoms with van der Waals surface area (Å²) in [5.74, 6) is -0.116. The molecule has 3 aromatic rings. The van der Waals surface area contributed by atoms with Crippen LogP contribution in [-0.2, 0) is 33.4 Å². The van der Waals surface area contributed by atoms with Gasteiger partial charge in [0.1, 0.15) is 5.75 Å². The van der Waals surface area contributed by atoms with Crippen molar-refractivity contribution in [2.24, 2.45) is 0 Å². The van der Waals surface area contributed by atoms with Gasteiger partial charge in [0.05, 0.1) is 31.4 Å².